The maximum atomic E-state index is 10.7. The highest BCUT2D eigenvalue weighted by Gasteiger charge is 2.07. The molecule has 5 nitrogen and oxygen atoms in total. The van der Waals surface area contributed by atoms with Crippen LogP contribution >= 0.6 is 0 Å². The topological polar surface area (TPSA) is 75.6 Å². The van der Waals surface area contributed by atoms with E-state index in [-0.39, 0.29) is 12.5 Å². The number of amides is 2. The van der Waals surface area contributed by atoms with Crippen molar-refractivity contribution in [1.82, 2.24) is 5.32 Å². The predicted octanol–water partition coefficient (Wildman–Crippen LogP) is -0.112. The number of carbonyl (C=O) groups is 2. The first-order valence-corrected chi connectivity index (χ1v) is 3.63. The Bertz CT molecular complexity index is 167. The number of rotatable bonds is 3. The minimum atomic E-state index is -0.817. The lowest BCUT2D eigenvalue weighted by Gasteiger charge is -2.06. The van der Waals surface area contributed by atoms with E-state index in [0.29, 0.717) is 0 Å². The van der Waals surface area contributed by atoms with Gasteiger partial charge < -0.3 is 9.84 Å². The molecule has 0 saturated carbocycles. The van der Waals surface area contributed by atoms with Gasteiger partial charge in [-0.15, -0.1) is 0 Å². The molecule has 0 atom stereocenters. The lowest BCUT2D eigenvalue weighted by molar-refractivity contribution is -0.123. The van der Waals surface area contributed by atoms with Crippen molar-refractivity contribution < 1.29 is 19.4 Å². The molecule has 0 aromatic heterocycles. The molecule has 0 saturated heterocycles. The molecule has 0 aliphatic rings. The molecule has 5 heteroatoms. The first-order valence-electron chi connectivity index (χ1n) is 3.63. The standard InChI is InChI=1S/C7H13NO4/c1-5(2)4-12-7(11)8-6(10)3-9/h5,9H,3-4H2,1-2H3,(H,8,10,11). The third kappa shape index (κ3) is 5.67. The molecule has 0 radical (unpaired) electrons. The maximum absolute atomic E-state index is 10.7. The number of aliphatic hydroxyl groups excluding tert-OH is 1. The van der Waals surface area contributed by atoms with Gasteiger partial charge in [0.2, 0.25) is 0 Å². The van der Waals surface area contributed by atoms with Crippen molar-refractivity contribution >= 4 is 12.0 Å². The van der Waals surface area contributed by atoms with Crippen LogP contribution < -0.4 is 5.32 Å². The lowest BCUT2D eigenvalue weighted by atomic mass is 10.2. The molecule has 0 aromatic rings. The highest BCUT2D eigenvalue weighted by molar-refractivity contribution is 5.92. The first-order chi connectivity index (χ1) is 5.56. The van der Waals surface area contributed by atoms with Crippen LogP contribution in [0.15, 0.2) is 0 Å². The second-order valence-corrected chi connectivity index (χ2v) is 2.70. The number of nitrogens with one attached hydrogen (secondary N) is 1. The molecule has 2 amide bonds. The molecule has 0 bridgehead atoms. The summed E-state index contributed by atoms with van der Waals surface area (Å²) >= 11 is 0. The van der Waals surface area contributed by atoms with Crippen LogP contribution in [0.3, 0.4) is 0 Å². The van der Waals surface area contributed by atoms with Gasteiger partial charge in [-0.05, 0) is 5.92 Å². The number of alkyl carbamates (subject to hydrolysis) is 1. The average Bonchev–Trinajstić information content (AvgIpc) is 2.00. The minimum absolute atomic E-state index is 0.222. The molecule has 0 spiro atoms. The van der Waals surface area contributed by atoms with Crippen LogP contribution in [0.25, 0.3) is 0 Å². The van der Waals surface area contributed by atoms with E-state index in [1.165, 1.54) is 0 Å². The monoisotopic (exact) mass is 175 g/mol. The molecule has 0 aliphatic carbocycles. The average molecular weight is 175 g/mol. The maximum Gasteiger partial charge on any atom is 0.413 e. The summed E-state index contributed by atoms with van der Waals surface area (Å²) in [6.07, 6.45) is -0.817. The molecule has 0 unspecified atom stereocenters. The van der Waals surface area contributed by atoms with Gasteiger partial charge in [-0.2, -0.15) is 0 Å². The number of aliphatic hydroxyl groups is 1. The summed E-state index contributed by atoms with van der Waals surface area (Å²) in [6, 6.07) is 0. The van der Waals surface area contributed by atoms with E-state index in [1.807, 2.05) is 19.2 Å². The molecule has 0 heterocycles. The van der Waals surface area contributed by atoms with Crippen molar-refractivity contribution in [2.75, 3.05) is 13.2 Å². The Kier molecular flexibility index (Phi) is 5.03. The van der Waals surface area contributed by atoms with Crippen molar-refractivity contribution in [2.24, 2.45) is 5.92 Å². The summed E-state index contributed by atoms with van der Waals surface area (Å²) in [7, 11) is 0. The van der Waals surface area contributed by atoms with E-state index < -0.39 is 18.6 Å². The summed E-state index contributed by atoms with van der Waals surface area (Å²) < 4.78 is 4.59. The molecular weight excluding hydrogens is 162 g/mol. The molecule has 2 N–H and O–H groups in total. The quantitative estimate of drug-likeness (QED) is 0.627. The first kappa shape index (κ1) is 10.9. The van der Waals surface area contributed by atoms with E-state index in [1.54, 1.807) is 0 Å². The highest BCUT2D eigenvalue weighted by Crippen LogP contribution is 1.91. The van der Waals surface area contributed by atoms with E-state index >= 15 is 0 Å². The Balaban J connectivity index is 3.53. The Morgan fingerprint density at radius 2 is 2.08 bits per heavy atom. The van der Waals surface area contributed by atoms with Crippen LogP contribution in [0.2, 0.25) is 0 Å². The third-order valence-corrected chi connectivity index (χ3v) is 0.933. The van der Waals surface area contributed by atoms with Gasteiger partial charge in [0.05, 0.1) is 6.61 Å². The van der Waals surface area contributed by atoms with Crippen LogP contribution in [-0.2, 0) is 9.53 Å². The summed E-state index contributed by atoms with van der Waals surface area (Å²) in [5.74, 6) is -0.538. The fraction of sp³-hybridized carbons (Fsp3) is 0.714. The molecule has 0 aromatic carbocycles. The van der Waals surface area contributed by atoms with Gasteiger partial charge >= 0.3 is 6.09 Å². The second kappa shape index (κ2) is 5.54. The van der Waals surface area contributed by atoms with Gasteiger partial charge in [-0.25, -0.2) is 4.79 Å². The zero-order valence-corrected chi connectivity index (χ0v) is 7.16. The van der Waals surface area contributed by atoms with Gasteiger partial charge in [0.1, 0.15) is 6.61 Å². The van der Waals surface area contributed by atoms with Gasteiger partial charge in [-0.3, -0.25) is 10.1 Å². The number of ether oxygens (including phenoxy) is 1. The van der Waals surface area contributed by atoms with Crippen LogP contribution in [-0.4, -0.2) is 30.3 Å². The van der Waals surface area contributed by atoms with E-state index in [9.17, 15) is 9.59 Å². The Hall–Kier alpha value is -1.10. The van der Waals surface area contributed by atoms with Gasteiger partial charge in [0.25, 0.3) is 5.91 Å². The molecule has 12 heavy (non-hydrogen) atoms. The number of hydrogen-bond acceptors (Lipinski definition) is 4. The van der Waals surface area contributed by atoms with Crippen molar-refractivity contribution in [3.63, 3.8) is 0 Å². The Labute approximate surface area is 70.7 Å². The zero-order chi connectivity index (χ0) is 9.56. The smallest absolute Gasteiger partial charge is 0.413 e. The molecular formula is C7H13NO4. The van der Waals surface area contributed by atoms with Crippen molar-refractivity contribution in [1.29, 1.82) is 0 Å². The fourth-order valence-electron chi connectivity index (χ4n) is 0.432. The van der Waals surface area contributed by atoms with Crippen LogP contribution in [0.5, 0.6) is 0 Å². The molecule has 0 aliphatic heterocycles. The summed E-state index contributed by atoms with van der Waals surface area (Å²) in [4.78, 5) is 21.1. The van der Waals surface area contributed by atoms with Crippen molar-refractivity contribution in [2.45, 2.75) is 13.8 Å². The van der Waals surface area contributed by atoms with Crippen LogP contribution in [0.4, 0.5) is 4.79 Å². The van der Waals surface area contributed by atoms with Crippen LogP contribution in [0.1, 0.15) is 13.8 Å². The van der Waals surface area contributed by atoms with E-state index in [4.69, 9.17) is 5.11 Å². The summed E-state index contributed by atoms with van der Waals surface area (Å²) in [5, 5.41) is 10.1. The highest BCUT2D eigenvalue weighted by atomic mass is 16.5. The van der Waals surface area contributed by atoms with Crippen LogP contribution in [0, 0.1) is 5.92 Å². The largest absolute Gasteiger partial charge is 0.449 e. The molecule has 0 rings (SSSR count). The molecule has 0 fully saturated rings. The van der Waals surface area contributed by atoms with Gasteiger partial charge in [0, 0.05) is 0 Å². The lowest BCUT2D eigenvalue weighted by Crippen LogP contribution is -2.33. The predicted molar refractivity (Wildman–Crippen MR) is 41.4 cm³/mol. The van der Waals surface area contributed by atoms with Crippen molar-refractivity contribution in [3.8, 4) is 0 Å². The van der Waals surface area contributed by atoms with Gasteiger partial charge in [0.15, 0.2) is 0 Å². The normalized spacial score (nSPS) is 9.67. The fourth-order valence-corrected chi connectivity index (χ4v) is 0.432. The zero-order valence-electron chi connectivity index (χ0n) is 7.16. The number of hydrogen-bond donors (Lipinski definition) is 2. The van der Waals surface area contributed by atoms with E-state index in [2.05, 4.69) is 4.74 Å². The minimum Gasteiger partial charge on any atom is -0.449 e. The SMILES string of the molecule is CC(C)COC(=O)NC(=O)CO. The molecule has 70 valence electrons. The summed E-state index contributed by atoms with van der Waals surface area (Å²) in [6.45, 7) is 3.30. The number of imide groups is 1. The van der Waals surface area contributed by atoms with E-state index in [0.717, 1.165) is 0 Å². The second-order valence-electron chi connectivity index (χ2n) is 2.70. The Morgan fingerprint density at radius 1 is 1.50 bits per heavy atom. The Morgan fingerprint density at radius 3 is 2.50 bits per heavy atom. The van der Waals surface area contributed by atoms with Gasteiger partial charge in [-0.1, -0.05) is 13.8 Å². The number of carbonyl (C=O) groups excluding carboxylic acids is 2. The summed E-state index contributed by atoms with van der Waals surface area (Å²) in [5.41, 5.74) is 0. The third-order valence-electron chi connectivity index (χ3n) is 0.933. The van der Waals surface area contributed by atoms with Crippen molar-refractivity contribution in [3.05, 3.63) is 0 Å².